The second kappa shape index (κ2) is 5.54. The molecule has 2 aromatic rings. The number of hydrogen-bond acceptors (Lipinski definition) is 3. The minimum Gasteiger partial charge on any atom is -0.389 e. The van der Waals surface area contributed by atoms with Crippen LogP contribution in [0.1, 0.15) is 18.6 Å². The van der Waals surface area contributed by atoms with Crippen molar-refractivity contribution in [2.45, 2.75) is 22.9 Å². The summed E-state index contributed by atoms with van der Waals surface area (Å²) in [5, 5.41) is 11.2. The highest BCUT2D eigenvalue weighted by Gasteiger charge is 2.08. The molecule has 1 aromatic carbocycles. The van der Waals surface area contributed by atoms with Gasteiger partial charge in [0.2, 0.25) is 0 Å². The Labute approximate surface area is 110 Å². The van der Waals surface area contributed by atoms with Crippen LogP contribution in [0.4, 0.5) is 0 Å². The highest BCUT2D eigenvalue weighted by Crippen LogP contribution is 2.32. The fourth-order valence-electron chi connectivity index (χ4n) is 1.45. The molecule has 1 atom stereocenters. The zero-order chi connectivity index (χ0) is 12.3. The van der Waals surface area contributed by atoms with Crippen molar-refractivity contribution in [1.82, 2.24) is 4.98 Å². The molecule has 1 N–H and O–H groups in total. The first kappa shape index (κ1) is 12.4. The van der Waals surface area contributed by atoms with E-state index in [1.807, 2.05) is 36.4 Å². The number of aromatic nitrogens is 1. The maximum Gasteiger partial charge on any atom is 0.101 e. The van der Waals surface area contributed by atoms with E-state index in [-0.39, 0.29) is 0 Å². The van der Waals surface area contributed by atoms with Crippen molar-refractivity contribution in [1.29, 1.82) is 0 Å². The summed E-state index contributed by atoms with van der Waals surface area (Å²) < 4.78 is 0. The highest BCUT2D eigenvalue weighted by atomic mass is 35.5. The molecule has 17 heavy (non-hydrogen) atoms. The van der Waals surface area contributed by atoms with Crippen LogP contribution in [0.2, 0.25) is 5.02 Å². The second-order valence-electron chi connectivity index (χ2n) is 3.63. The average Bonchev–Trinajstić information content (AvgIpc) is 2.32. The van der Waals surface area contributed by atoms with Gasteiger partial charge in [0.1, 0.15) is 5.03 Å². The third-order valence-corrected chi connectivity index (χ3v) is 3.55. The van der Waals surface area contributed by atoms with Gasteiger partial charge in [0.05, 0.1) is 11.1 Å². The standard InChI is InChI=1S/C13H12ClNOS/c1-9(16)11-4-2-3-5-12(11)17-13-7-6-10(14)8-15-13/h2-9,16H,1H3/t9-/m1/s1. The molecule has 0 spiro atoms. The number of aliphatic hydroxyl groups excluding tert-OH is 1. The minimum atomic E-state index is -0.481. The smallest absolute Gasteiger partial charge is 0.101 e. The molecule has 2 nitrogen and oxygen atoms in total. The predicted molar refractivity (Wildman–Crippen MR) is 70.4 cm³/mol. The first-order chi connectivity index (χ1) is 8.16. The van der Waals surface area contributed by atoms with Crippen molar-refractivity contribution in [2.75, 3.05) is 0 Å². The number of hydrogen-bond donors (Lipinski definition) is 1. The number of halogens is 1. The van der Waals surface area contributed by atoms with E-state index in [0.29, 0.717) is 5.02 Å². The van der Waals surface area contributed by atoms with Gasteiger partial charge in [0, 0.05) is 11.1 Å². The maximum absolute atomic E-state index is 9.67. The van der Waals surface area contributed by atoms with Gasteiger partial charge in [-0.2, -0.15) is 0 Å². The largest absolute Gasteiger partial charge is 0.389 e. The van der Waals surface area contributed by atoms with Crippen LogP contribution in [-0.2, 0) is 0 Å². The lowest BCUT2D eigenvalue weighted by atomic mass is 10.1. The van der Waals surface area contributed by atoms with Crippen LogP contribution in [0.3, 0.4) is 0 Å². The summed E-state index contributed by atoms with van der Waals surface area (Å²) in [7, 11) is 0. The number of benzene rings is 1. The number of nitrogens with zero attached hydrogens (tertiary/aromatic N) is 1. The van der Waals surface area contributed by atoms with Gasteiger partial charge in [-0.05, 0) is 30.7 Å². The van der Waals surface area contributed by atoms with Crippen molar-refractivity contribution < 1.29 is 5.11 Å². The molecule has 1 heterocycles. The van der Waals surface area contributed by atoms with Crippen LogP contribution in [0.25, 0.3) is 0 Å². The Kier molecular flexibility index (Phi) is 4.05. The van der Waals surface area contributed by atoms with Crippen LogP contribution < -0.4 is 0 Å². The summed E-state index contributed by atoms with van der Waals surface area (Å²) in [5.41, 5.74) is 0.911. The van der Waals surface area contributed by atoms with Gasteiger partial charge in [0.15, 0.2) is 0 Å². The minimum absolute atomic E-state index is 0.481. The van der Waals surface area contributed by atoms with E-state index in [2.05, 4.69) is 4.98 Å². The Morgan fingerprint density at radius 2 is 2.00 bits per heavy atom. The third-order valence-electron chi connectivity index (χ3n) is 2.28. The van der Waals surface area contributed by atoms with E-state index < -0.39 is 6.10 Å². The lowest BCUT2D eigenvalue weighted by Gasteiger charge is -2.10. The Hall–Kier alpha value is -1.03. The predicted octanol–water partition coefficient (Wildman–Crippen LogP) is 3.94. The first-order valence-electron chi connectivity index (χ1n) is 5.23. The summed E-state index contributed by atoms with van der Waals surface area (Å²) in [6.45, 7) is 1.76. The monoisotopic (exact) mass is 265 g/mol. The molecular weight excluding hydrogens is 254 g/mol. The quantitative estimate of drug-likeness (QED) is 0.913. The molecule has 0 radical (unpaired) electrons. The van der Waals surface area contributed by atoms with Crippen LogP contribution in [0, 0.1) is 0 Å². The molecule has 0 unspecified atom stereocenters. The molecule has 0 aliphatic rings. The molecule has 0 saturated carbocycles. The van der Waals surface area contributed by atoms with Crippen molar-refractivity contribution in [3.05, 3.63) is 53.2 Å². The second-order valence-corrected chi connectivity index (χ2v) is 5.13. The molecule has 88 valence electrons. The summed E-state index contributed by atoms with van der Waals surface area (Å²) in [5.74, 6) is 0. The van der Waals surface area contributed by atoms with E-state index in [4.69, 9.17) is 11.6 Å². The molecule has 1 aromatic heterocycles. The Bertz CT molecular complexity index is 499. The molecule has 4 heteroatoms. The first-order valence-corrected chi connectivity index (χ1v) is 6.42. The molecule has 0 saturated heterocycles. The van der Waals surface area contributed by atoms with Gasteiger partial charge in [0.25, 0.3) is 0 Å². The van der Waals surface area contributed by atoms with Crippen molar-refractivity contribution in [2.24, 2.45) is 0 Å². The highest BCUT2D eigenvalue weighted by molar-refractivity contribution is 7.99. The molecule has 0 aliphatic carbocycles. The number of pyridine rings is 1. The van der Waals surface area contributed by atoms with Crippen LogP contribution in [-0.4, -0.2) is 10.1 Å². The van der Waals surface area contributed by atoms with Gasteiger partial charge in [-0.15, -0.1) is 0 Å². The molecule has 0 fully saturated rings. The van der Waals surface area contributed by atoms with E-state index in [1.165, 1.54) is 11.8 Å². The molecule has 0 aliphatic heterocycles. The Morgan fingerprint density at radius 3 is 2.65 bits per heavy atom. The van der Waals surface area contributed by atoms with Crippen molar-refractivity contribution in [3.8, 4) is 0 Å². The zero-order valence-electron chi connectivity index (χ0n) is 9.30. The number of rotatable bonds is 3. The SMILES string of the molecule is C[C@@H](O)c1ccccc1Sc1ccc(Cl)cn1. The summed E-state index contributed by atoms with van der Waals surface area (Å²) in [6, 6.07) is 11.4. The molecule has 2 rings (SSSR count). The topological polar surface area (TPSA) is 33.1 Å². The van der Waals surface area contributed by atoms with Crippen molar-refractivity contribution in [3.63, 3.8) is 0 Å². The lowest BCUT2D eigenvalue weighted by molar-refractivity contribution is 0.196. The van der Waals surface area contributed by atoms with Crippen molar-refractivity contribution >= 4 is 23.4 Å². The fourth-order valence-corrected chi connectivity index (χ4v) is 2.54. The third kappa shape index (κ3) is 3.22. The summed E-state index contributed by atoms with van der Waals surface area (Å²) >= 11 is 7.31. The van der Waals surface area contributed by atoms with Gasteiger partial charge in [-0.3, -0.25) is 0 Å². The van der Waals surface area contributed by atoms with Gasteiger partial charge >= 0.3 is 0 Å². The molecule has 0 bridgehead atoms. The van der Waals surface area contributed by atoms with Crippen LogP contribution in [0.15, 0.2) is 52.5 Å². The van der Waals surface area contributed by atoms with E-state index in [0.717, 1.165) is 15.5 Å². The maximum atomic E-state index is 9.67. The van der Waals surface area contributed by atoms with E-state index in [1.54, 1.807) is 13.1 Å². The Balaban J connectivity index is 2.26. The van der Waals surface area contributed by atoms with Crippen LogP contribution in [0.5, 0.6) is 0 Å². The number of aliphatic hydroxyl groups is 1. The van der Waals surface area contributed by atoms with E-state index >= 15 is 0 Å². The molecular formula is C13H12ClNOS. The summed E-state index contributed by atoms with van der Waals surface area (Å²) in [6.07, 6.45) is 1.14. The normalized spacial score (nSPS) is 12.4. The summed E-state index contributed by atoms with van der Waals surface area (Å²) in [4.78, 5) is 5.23. The zero-order valence-corrected chi connectivity index (χ0v) is 10.9. The lowest BCUT2D eigenvalue weighted by Crippen LogP contribution is -1.93. The molecule has 0 amide bonds. The van der Waals surface area contributed by atoms with Gasteiger partial charge in [-0.1, -0.05) is 41.6 Å². The fraction of sp³-hybridized carbons (Fsp3) is 0.154. The van der Waals surface area contributed by atoms with Gasteiger partial charge < -0.3 is 5.11 Å². The average molecular weight is 266 g/mol. The Morgan fingerprint density at radius 1 is 1.24 bits per heavy atom. The van der Waals surface area contributed by atoms with E-state index in [9.17, 15) is 5.11 Å². The van der Waals surface area contributed by atoms with Gasteiger partial charge in [-0.25, -0.2) is 4.98 Å². The van der Waals surface area contributed by atoms with Crippen LogP contribution >= 0.6 is 23.4 Å².